The molecule has 1 amide bonds. The van der Waals surface area contributed by atoms with E-state index >= 15 is 0 Å². The SMILES string of the molecule is COc1ccc(N([C@H](C)C(=O)N2CCC[C@H](C)C2)S(C)(=O)=O)cc1. The van der Waals surface area contributed by atoms with Crippen LogP contribution in [0.1, 0.15) is 26.7 Å². The first-order valence-corrected chi connectivity index (χ1v) is 10.0. The number of carbonyl (C=O) groups excluding carboxylic acids is 1. The third kappa shape index (κ3) is 4.20. The fraction of sp³-hybridized carbons (Fsp3) is 0.588. The van der Waals surface area contributed by atoms with Gasteiger partial charge in [0.1, 0.15) is 11.8 Å². The Morgan fingerprint density at radius 2 is 1.96 bits per heavy atom. The molecule has 0 radical (unpaired) electrons. The van der Waals surface area contributed by atoms with Gasteiger partial charge in [-0.25, -0.2) is 8.42 Å². The summed E-state index contributed by atoms with van der Waals surface area (Å²) in [6.07, 6.45) is 3.19. The van der Waals surface area contributed by atoms with Crippen LogP contribution in [-0.2, 0) is 14.8 Å². The fourth-order valence-corrected chi connectivity index (χ4v) is 4.35. The van der Waals surface area contributed by atoms with Gasteiger partial charge in [-0.05, 0) is 49.9 Å². The Bertz CT molecular complexity index is 672. The minimum absolute atomic E-state index is 0.150. The zero-order valence-corrected chi connectivity index (χ0v) is 15.5. The maximum atomic E-state index is 12.8. The minimum Gasteiger partial charge on any atom is -0.497 e. The number of hydrogen-bond donors (Lipinski definition) is 0. The van der Waals surface area contributed by atoms with E-state index in [2.05, 4.69) is 6.92 Å². The van der Waals surface area contributed by atoms with Crippen molar-refractivity contribution in [2.24, 2.45) is 5.92 Å². The first-order chi connectivity index (χ1) is 11.2. The van der Waals surface area contributed by atoms with Crippen LogP contribution in [0.25, 0.3) is 0 Å². The largest absolute Gasteiger partial charge is 0.497 e. The second kappa shape index (κ2) is 7.42. The van der Waals surface area contributed by atoms with E-state index in [1.54, 1.807) is 43.2 Å². The molecule has 2 rings (SSSR count). The van der Waals surface area contributed by atoms with Crippen molar-refractivity contribution in [3.8, 4) is 5.75 Å². The van der Waals surface area contributed by atoms with Crippen LogP contribution < -0.4 is 9.04 Å². The molecular formula is C17H26N2O4S. The van der Waals surface area contributed by atoms with Crippen LogP contribution in [0.4, 0.5) is 5.69 Å². The minimum atomic E-state index is -3.59. The standard InChI is InChI=1S/C17H26N2O4S/c1-13-6-5-11-18(12-13)17(20)14(2)19(24(4,21)22)15-7-9-16(23-3)10-8-15/h7-10,13-14H,5-6,11-12H2,1-4H3/t13-,14+/m0/s1. The van der Waals surface area contributed by atoms with E-state index in [0.29, 0.717) is 30.4 Å². The van der Waals surface area contributed by atoms with E-state index in [-0.39, 0.29) is 5.91 Å². The predicted octanol–water partition coefficient (Wildman–Crippen LogP) is 2.11. The van der Waals surface area contributed by atoms with Gasteiger partial charge in [0.25, 0.3) is 0 Å². The summed E-state index contributed by atoms with van der Waals surface area (Å²) in [6, 6.07) is 5.91. The first-order valence-electron chi connectivity index (χ1n) is 8.16. The summed E-state index contributed by atoms with van der Waals surface area (Å²) in [5.74, 6) is 0.932. The van der Waals surface area contributed by atoms with Gasteiger partial charge in [-0.2, -0.15) is 0 Å². The summed E-state index contributed by atoms with van der Waals surface area (Å²) in [4.78, 5) is 14.6. The van der Waals surface area contributed by atoms with E-state index < -0.39 is 16.1 Å². The van der Waals surface area contributed by atoms with Gasteiger partial charge in [0.05, 0.1) is 19.1 Å². The third-order valence-corrected chi connectivity index (χ3v) is 5.60. The van der Waals surface area contributed by atoms with Crippen molar-refractivity contribution in [3.63, 3.8) is 0 Å². The van der Waals surface area contributed by atoms with Crippen molar-refractivity contribution in [2.75, 3.05) is 30.8 Å². The third-order valence-electron chi connectivity index (χ3n) is 4.36. The second-order valence-electron chi connectivity index (χ2n) is 6.46. The number of amides is 1. The molecular weight excluding hydrogens is 328 g/mol. The van der Waals surface area contributed by atoms with Gasteiger partial charge < -0.3 is 9.64 Å². The Morgan fingerprint density at radius 3 is 2.46 bits per heavy atom. The molecule has 0 aromatic heterocycles. The summed E-state index contributed by atoms with van der Waals surface area (Å²) >= 11 is 0. The van der Waals surface area contributed by atoms with Crippen molar-refractivity contribution >= 4 is 21.6 Å². The van der Waals surface area contributed by atoms with Gasteiger partial charge >= 0.3 is 0 Å². The highest BCUT2D eigenvalue weighted by atomic mass is 32.2. The number of sulfonamides is 1. The molecule has 2 atom stereocenters. The molecule has 0 aliphatic carbocycles. The second-order valence-corrected chi connectivity index (χ2v) is 8.32. The molecule has 0 N–H and O–H groups in total. The zero-order valence-electron chi connectivity index (χ0n) is 14.7. The number of piperidine rings is 1. The Kier molecular flexibility index (Phi) is 5.74. The molecule has 0 saturated carbocycles. The topological polar surface area (TPSA) is 66.9 Å². The molecule has 1 saturated heterocycles. The number of ether oxygens (including phenoxy) is 1. The molecule has 1 fully saturated rings. The normalized spacial score (nSPS) is 19.7. The van der Waals surface area contributed by atoms with Crippen molar-refractivity contribution in [2.45, 2.75) is 32.7 Å². The Balaban J connectivity index is 2.28. The molecule has 1 aliphatic heterocycles. The smallest absolute Gasteiger partial charge is 0.246 e. The van der Waals surface area contributed by atoms with Crippen LogP contribution in [-0.4, -0.2) is 51.7 Å². The number of carbonyl (C=O) groups is 1. The highest BCUT2D eigenvalue weighted by molar-refractivity contribution is 7.92. The number of likely N-dealkylation sites (tertiary alicyclic amines) is 1. The van der Waals surface area contributed by atoms with Gasteiger partial charge in [0, 0.05) is 13.1 Å². The van der Waals surface area contributed by atoms with Gasteiger partial charge in [0.15, 0.2) is 0 Å². The summed E-state index contributed by atoms with van der Waals surface area (Å²) in [7, 11) is -2.04. The van der Waals surface area contributed by atoms with Crippen LogP contribution in [0.5, 0.6) is 5.75 Å². The number of methoxy groups -OCH3 is 1. The van der Waals surface area contributed by atoms with Crippen LogP contribution >= 0.6 is 0 Å². The van der Waals surface area contributed by atoms with E-state index in [1.807, 2.05) is 0 Å². The number of rotatable bonds is 5. The predicted molar refractivity (Wildman–Crippen MR) is 94.8 cm³/mol. The molecule has 7 heteroatoms. The highest BCUT2D eigenvalue weighted by Gasteiger charge is 2.33. The average Bonchev–Trinajstić information content (AvgIpc) is 2.53. The quantitative estimate of drug-likeness (QED) is 0.812. The van der Waals surface area contributed by atoms with Gasteiger partial charge in [-0.1, -0.05) is 6.92 Å². The zero-order chi connectivity index (χ0) is 17.9. The molecule has 1 aromatic carbocycles. The maximum absolute atomic E-state index is 12.8. The Labute approximate surface area is 144 Å². The number of anilines is 1. The number of benzene rings is 1. The highest BCUT2D eigenvalue weighted by Crippen LogP contribution is 2.25. The summed E-state index contributed by atoms with van der Waals surface area (Å²) < 4.78 is 30.9. The van der Waals surface area contributed by atoms with Crippen LogP contribution in [0.15, 0.2) is 24.3 Å². The van der Waals surface area contributed by atoms with Crippen LogP contribution in [0.2, 0.25) is 0 Å². The number of hydrogen-bond acceptors (Lipinski definition) is 4. The van der Waals surface area contributed by atoms with Crippen molar-refractivity contribution in [1.82, 2.24) is 4.90 Å². The summed E-state index contributed by atoms with van der Waals surface area (Å²) in [5, 5.41) is 0. The summed E-state index contributed by atoms with van der Waals surface area (Å²) in [6.45, 7) is 5.13. The molecule has 0 spiro atoms. The molecule has 6 nitrogen and oxygen atoms in total. The lowest BCUT2D eigenvalue weighted by molar-refractivity contribution is -0.133. The van der Waals surface area contributed by atoms with E-state index in [0.717, 1.165) is 19.1 Å². The van der Waals surface area contributed by atoms with E-state index in [9.17, 15) is 13.2 Å². The van der Waals surface area contributed by atoms with Crippen LogP contribution in [0, 0.1) is 5.92 Å². The van der Waals surface area contributed by atoms with Gasteiger partial charge in [-0.3, -0.25) is 9.10 Å². The maximum Gasteiger partial charge on any atom is 0.246 e. The van der Waals surface area contributed by atoms with Crippen molar-refractivity contribution in [1.29, 1.82) is 0 Å². The van der Waals surface area contributed by atoms with Gasteiger partial charge in [0.2, 0.25) is 15.9 Å². The lowest BCUT2D eigenvalue weighted by Crippen LogP contribution is -2.51. The molecule has 1 heterocycles. The fourth-order valence-electron chi connectivity index (χ4n) is 3.19. The van der Waals surface area contributed by atoms with E-state index in [4.69, 9.17) is 4.74 Å². The number of nitrogens with zero attached hydrogens (tertiary/aromatic N) is 2. The summed E-state index contributed by atoms with van der Waals surface area (Å²) in [5.41, 5.74) is 0.462. The lowest BCUT2D eigenvalue weighted by atomic mass is 10.00. The molecule has 0 unspecified atom stereocenters. The molecule has 24 heavy (non-hydrogen) atoms. The average molecular weight is 354 g/mol. The molecule has 0 bridgehead atoms. The lowest BCUT2D eigenvalue weighted by Gasteiger charge is -2.36. The van der Waals surface area contributed by atoms with Gasteiger partial charge in [-0.15, -0.1) is 0 Å². The molecule has 1 aromatic rings. The molecule has 1 aliphatic rings. The first kappa shape index (κ1) is 18.6. The monoisotopic (exact) mass is 354 g/mol. The van der Waals surface area contributed by atoms with E-state index in [1.165, 1.54) is 4.31 Å². The Morgan fingerprint density at radius 1 is 1.33 bits per heavy atom. The van der Waals surface area contributed by atoms with Crippen LogP contribution in [0.3, 0.4) is 0 Å². The van der Waals surface area contributed by atoms with Crippen molar-refractivity contribution in [3.05, 3.63) is 24.3 Å². The molecule has 134 valence electrons. The van der Waals surface area contributed by atoms with Crippen molar-refractivity contribution < 1.29 is 17.9 Å². The Hall–Kier alpha value is -1.76.